The molecule has 0 aromatic heterocycles. The van der Waals surface area contributed by atoms with E-state index in [1.54, 1.807) is 6.07 Å². The number of nitrogens with zero attached hydrogens (tertiary/aromatic N) is 1. The van der Waals surface area contributed by atoms with Crippen LogP contribution in [-0.2, 0) is 0 Å². The van der Waals surface area contributed by atoms with E-state index in [4.69, 9.17) is 4.74 Å². The summed E-state index contributed by atoms with van der Waals surface area (Å²) in [5.74, 6) is -0.430. The molecule has 1 rings (SSSR count). The Morgan fingerprint density at radius 2 is 2.15 bits per heavy atom. The van der Waals surface area contributed by atoms with Crippen LogP contribution in [0.3, 0.4) is 0 Å². The van der Waals surface area contributed by atoms with Crippen LogP contribution in [-0.4, -0.2) is 37.4 Å². The molecule has 0 fully saturated rings. The summed E-state index contributed by atoms with van der Waals surface area (Å²) in [6.45, 7) is 6.98. The van der Waals surface area contributed by atoms with Gasteiger partial charge in [-0.3, -0.25) is 9.69 Å². The molecular weight excluding hydrogens is 257 g/mol. The van der Waals surface area contributed by atoms with E-state index in [0.717, 1.165) is 13.1 Å². The van der Waals surface area contributed by atoms with Crippen molar-refractivity contribution >= 4 is 5.78 Å². The number of ketones is 1. The van der Waals surface area contributed by atoms with E-state index >= 15 is 0 Å². The predicted octanol–water partition coefficient (Wildman–Crippen LogP) is 3.08. The van der Waals surface area contributed by atoms with E-state index in [1.807, 2.05) is 25.3 Å². The number of carbonyl (C=O) groups excluding carboxylic acids is 1. The number of halogens is 1. The number of ether oxygens (including phenoxy) is 1. The fourth-order valence-corrected chi connectivity index (χ4v) is 1.63. The molecule has 0 saturated carbocycles. The molecule has 0 saturated heterocycles. The fraction of sp³-hybridized carbons (Fsp3) is 0.312. The number of likely N-dealkylation sites (N-methyl/N-ethyl adjacent to an activating group) is 1. The maximum absolute atomic E-state index is 13.5. The number of rotatable bonds is 8. The van der Waals surface area contributed by atoms with Gasteiger partial charge in [-0.15, -0.1) is 6.58 Å². The van der Waals surface area contributed by atoms with Crippen molar-refractivity contribution < 1.29 is 13.9 Å². The molecule has 0 amide bonds. The van der Waals surface area contributed by atoms with Crippen molar-refractivity contribution in [3.63, 3.8) is 0 Å². The largest absolute Gasteiger partial charge is 0.489 e. The molecule has 0 unspecified atom stereocenters. The van der Waals surface area contributed by atoms with Crippen molar-refractivity contribution in [1.82, 2.24) is 4.90 Å². The van der Waals surface area contributed by atoms with Crippen LogP contribution < -0.4 is 4.74 Å². The van der Waals surface area contributed by atoms with E-state index in [0.29, 0.717) is 12.4 Å². The summed E-state index contributed by atoms with van der Waals surface area (Å²) in [6, 6.07) is 4.26. The highest BCUT2D eigenvalue weighted by atomic mass is 19.1. The molecule has 108 valence electrons. The standard InChI is InChI=1S/C16H20FNO2/c1-4-9-18(3)10-5-6-11-20-14-7-8-15(13(2)19)16(17)12-14/h4-8,12H,1,9-11H2,2-3H3. The first kappa shape index (κ1) is 16.1. The second-order valence-electron chi connectivity index (χ2n) is 4.49. The van der Waals surface area contributed by atoms with Gasteiger partial charge in [-0.25, -0.2) is 4.39 Å². The van der Waals surface area contributed by atoms with Crippen LogP contribution in [0.25, 0.3) is 0 Å². The van der Waals surface area contributed by atoms with Crippen molar-refractivity contribution in [2.75, 3.05) is 26.7 Å². The SMILES string of the molecule is C=CCN(C)CC=CCOc1ccc(C(C)=O)c(F)c1. The topological polar surface area (TPSA) is 29.5 Å². The minimum atomic E-state index is -0.551. The van der Waals surface area contributed by atoms with Crippen LogP contribution in [0, 0.1) is 5.82 Å². The van der Waals surface area contributed by atoms with Gasteiger partial charge >= 0.3 is 0 Å². The van der Waals surface area contributed by atoms with Crippen LogP contribution in [0.2, 0.25) is 0 Å². The molecule has 0 spiro atoms. The molecule has 0 aliphatic carbocycles. The lowest BCUT2D eigenvalue weighted by atomic mass is 10.1. The predicted molar refractivity (Wildman–Crippen MR) is 78.7 cm³/mol. The summed E-state index contributed by atoms with van der Waals surface area (Å²) in [5.41, 5.74) is 0.0824. The van der Waals surface area contributed by atoms with Crippen molar-refractivity contribution in [1.29, 1.82) is 0 Å². The molecule has 0 heterocycles. The highest BCUT2D eigenvalue weighted by Gasteiger charge is 2.07. The number of benzene rings is 1. The number of hydrogen-bond acceptors (Lipinski definition) is 3. The third-order valence-electron chi connectivity index (χ3n) is 2.69. The Morgan fingerprint density at radius 1 is 1.40 bits per heavy atom. The van der Waals surface area contributed by atoms with Gasteiger partial charge in [0.2, 0.25) is 0 Å². The van der Waals surface area contributed by atoms with Crippen molar-refractivity contribution in [2.45, 2.75) is 6.92 Å². The second-order valence-corrected chi connectivity index (χ2v) is 4.49. The normalized spacial score (nSPS) is 11.0. The van der Waals surface area contributed by atoms with Gasteiger partial charge in [-0.1, -0.05) is 18.2 Å². The Morgan fingerprint density at radius 3 is 2.75 bits per heavy atom. The van der Waals surface area contributed by atoms with Crippen molar-refractivity contribution in [2.24, 2.45) is 0 Å². The smallest absolute Gasteiger partial charge is 0.162 e. The first-order chi connectivity index (χ1) is 9.54. The Balaban J connectivity index is 2.43. The van der Waals surface area contributed by atoms with E-state index in [1.165, 1.54) is 19.1 Å². The molecule has 0 bridgehead atoms. The summed E-state index contributed by atoms with van der Waals surface area (Å²) in [5, 5.41) is 0. The average Bonchev–Trinajstić information content (AvgIpc) is 2.38. The fourth-order valence-electron chi connectivity index (χ4n) is 1.63. The van der Waals surface area contributed by atoms with Crippen LogP contribution in [0.15, 0.2) is 43.0 Å². The number of Topliss-reactive ketones (excluding diaryl/α,β-unsaturated/α-hetero) is 1. The zero-order valence-corrected chi connectivity index (χ0v) is 11.9. The molecule has 4 heteroatoms. The molecule has 20 heavy (non-hydrogen) atoms. The Kier molecular flexibility index (Phi) is 6.67. The minimum absolute atomic E-state index is 0.0824. The summed E-state index contributed by atoms with van der Waals surface area (Å²) in [4.78, 5) is 13.2. The van der Waals surface area contributed by atoms with E-state index in [2.05, 4.69) is 11.5 Å². The molecule has 3 nitrogen and oxygen atoms in total. The van der Waals surface area contributed by atoms with E-state index in [9.17, 15) is 9.18 Å². The molecule has 1 aromatic rings. The second kappa shape index (κ2) is 8.27. The van der Waals surface area contributed by atoms with Gasteiger partial charge in [0.15, 0.2) is 5.78 Å². The van der Waals surface area contributed by atoms with E-state index < -0.39 is 5.82 Å². The molecular formula is C16H20FNO2. The van der Waals surface area contributed by atoms with Gasteiger partial charge in [0.25, 0.3) is 0 Å². The summed E-state index contributed by atoms with van der Waals surface area (Å²) >= 11 is 0. The van der Waals surface area contributed by atoms with Crippen molar-refractivity contribution in [3.05, 3.63) is 54.4 Å². The molecule has 1 aromatic carbocycles. The van der Waals surface area contributed by atoms with Gasteiger partial charge in [0.1, 0.15) is 18.2 Å². The number of hydrogen-bond donors (Lipinski definition) is 0. The van der Waals surface area contributed by atoms with Gasteiger partial charge in [-0.05, 0) is 26.1 Å². The quantitative estimate of drug-likeness (QED) is 0.540. The summed E-state index contributed by atoms with van der Waals surface area (Å²) in [6.07, 6.45) is 5.68. The number of carbonyl (C=O) groups is 1. The van der Waals surface area contributed by atoms with Crippen LogP contribution >= 0.6 is 0 Å². The molecule has 0 aliphatic heterocycles. The molecule has 0 aliphatic rings. The van der Waals surface area contributed by atoms with Crippen molar-refractivity contribution in [3.8, 4) is 5.75 Å². The summed E-state index contributed by atoms with van der Waals surface area (Å²) < 4.78 is 18.9. The average molecular weight is 277 g/mol. The Bertz CT molecular complexity index is 497. The van der Waals surface area contributed by atoms with Gasteiger partial charge in [0.05, 0.1) is 5.56 Å². The lowest BCUT2D eigenvalue weighted by Crippen LogP contribution is -2.17. The zero-order valence-electron chi connectivity index (χ0n) is 11.9. The highest BCUT2D eigenvalue weighted by molar-refractivity contribution is 5.94. The zero-order chi connectivity index (χ0) is 15.0. The molecule has 0 atom stereocenters. The summed E-state index contributed by atoms with van der Waals surface area (Å²) in [7, 11) is 1.99. The molecule has 0 radical (unpaired) electrons. The van der Waals surface area contributed by atoms with Gasteiger partial charge in [0, 0.05) is 19.2 Å². The third kappa shape index (κ3) is 5.36. The Hall–Kier alpha value is -1.94. The van der Waals surface area contributed by atoms with Crippen LogP contribution in [0.1, 0.15) is 17.3 Å². The van der Waals surface area contributed by atoms with Crippen LogP contribution in [0.4, 0.5) is 4.39 Å². The Labute approximate surface area is 119 Å². The van der Waals surface area contributed by atoms with Crippen LogP contribution in [0.5, 0.6) is 5.75 Å². The first-order valence-electron chi connectivity index (χ1n) is 6.42. The van der Waals surface area contributed by atoms with Gasteiger partial charge < -0.3 is 4.74 Å². The monoisotopic (exact) mass is 277 g/mol. The lowest BCUT2D eigenvalue weighted by Gasteiger charge is -2.10. The first-order valence-corrected chi connectivity index (χ1v) is 6.42. The maximum Gasteiger partial charge on any atom is 0.162 e. The van der Waals surface area contributed by atoms with E-state index in [-0.39, 0.29) is 11.3 Å². The third-order valence-corrected chi connectivity index (χ3v) is 2.69. The highest BCUT2D eigenvalue weighted by Crippen LogP contribution is 2.17. The lowest BCUT2D eigenvalue weighted by molar-refractivity contribution is 0.101. The molecule has 0 N–H and O–H groups in total. The maximum atomic E-state index is 13.5. The van der Waals surface area contributed by atoms with Gasteiger partial charge in [-0.2, -0.15) is 0 Å². The minimum Gasteiger partial charge on any atom is -0.489 e.